The summed E-state index contributed by atoms with van der Waals surface area (Å²) in [4.78, 5) is 35.4. The number of benzene rings is 2. The first-order valence-corrected chi connectivity index (χ1v) is 7.78. The Balaban J connectivity index is 2.39. The first kappa shape index (κ1) is 18.2. The number of fused-ring (bicyclic) bond motifs is 1. The van der Waals surface area contributed by atoms with Crippen molar-refractivity contribution in [3.8, 4) is 0 Å². The van der Waals surface area contributed by atoms with E-state index >= 15 is 0 Å². The Morgan fingerprint density at radius 3 is 2.44 bits per heavy atom. The highest BCUT2D eigenvalue weighted by atomic mass is 16.5. The van der Waals surface area contributed by atoms with Crippen LogP contribution in [0.4, 0.5) is 0 Å². The van der Waals surface area contributed by atoms with Gasteiger partial charge in [0, 0.05) is 6.92 Å². The zero-order chi connectivity index (χ0) is 18.4. The summed E-state index contributed by atoms with van der Waals surface area (Å²) >= 11 is 0. The van der Waals surface area contributed by atoms with Crippen molar-refractivity contribution in [3.63, 3.8) is 0 Å². The predicted molar refractivity (Wildman–Crippen MR) is 95.4 cm³/mol. The maximum atomic E-state index is 12.4. The van der Waals surface area contributed by atoms with Gasteiger partial charge in [0.25, 0.3) is 5.91 Å². The van der Waals surface area contributed by atoms with Crippen molar-refractivity contribution in [2.45, 2.75) is 19.9 Å². The lowest BCUT2D eigenvalue weighted by atomic mass is 10.0. The highest BCUT2D eigenvalue weighted by molar-refractivity contribution is 6.04. The molecular formula is C19H20N2O4. The second-order valence-electron chi connectivity index (χ2n) is 5.53. The molecule has 2 amide bonds. The van der Waals surface area contributed by atoms with E-state index in [0.29, 0.717) is 0 Å². The van der Waals surface area contributed by atoms with Gasteiger partial charge in [-0.1, -0.05) is 42.5 Å². The molecule has 0 aliphatic carbocycles. The molecule has 0 spiro atoms. The summed E-state index contributed by atoms with van der Waals surface area (Å²) in [5, 5.41) is 6.98. The normalized spacial score (nSPS) is 12.4. The number of carbonyl (C=O) groups is 3. The minimum absolute atomic E-state index is 0.0552. The van der Waals surface area contributed by atoms with Gasteiger partial charge in [-0.05, 0) is 29.3 Å². The van der Waals surface area contributed by atoms with Crippen molar-refractivity contribution in [1.82, 2.24) is 10.6 Å². The molecule has 2 aromatic carbocycles. The van der Waals surface area contributed by atoms with Crippen molar-refractivity contribution >= 4 is 34.6 Å². The average Bonchev–Trinajstić information content (AvgIpc) is 2.60. The number of hydrogen-bond donors (Lipinski definition) is 2. The van der Waals surface area contributed by atoms with E-state index in [2.05, 4.69) is 15.4 Å². The van der Waals surface area contributed by atoms with Crippen molar-refractivity contribution in [2.24, 2.45) is 0 Å². The number of nitrogens with one attached hydrogen (secondary N) is 2. The molecule has 2 N–H and O–H groups in total. The van der Waals surface area contributed by atoms with Crippen molar-refractivity contribution < 1.29 is 19.1 Å². The van der Waals surface area contributed by atoms with Crippen LogP contribution in [0.1, 0.15) is 19.4 Å². The summed E-state index contributed by atoms with van der Waals surface area (Å²) in [5.41, 5.74) is 0.835. The van der Waals surface area contributed by atoms with Gasteiger partial charge in [0.2, 0.25) is 5.91 Å². The third-order valence-corrected chi connectivity index (χ3v) is 3.58. The van der Waals surface area contributed by atoms with Crippen LogP contribution in [0.15, 0.2) is 48.2 Å². The van der Waals surface area contributed by atoms with E-state index in [0.717, 1.165) is 16.3 Å². The van der Waals surface area contributed by atoms with Gasteiger partial charge in [-0.2, -0.15) is 0 Å². The molecule has 25 heavy (non-hydrogen) atoms. The zero-order valence-corrected chi connectivity index (χ0v) is 14.3. The van der Waals surface area contributed by atoms with Gasteiger partial charge < -0.3 is 15.4 Å². The molecule has 0 aromatic heterocycles. The van der Waals surface area contributed by atoms with Crippen LogP contribution < -0.4 is 10.6 Å². The lowest BCUT2D eigenvalue weighted by Crippen LogP contribution is -2.42. The molecule has 0 radical (unpaired) electrons. The molecule has 0 aliphatic heterocycles. The van der Waals surface area contributed by atoms with Crippen LogP contribution in [0, 0.1) is 0 Å². The van der Waals surface area contributed by atoms with Crippen LogP contribution in [0.5, 0.6) is 0 Å². The summed E-state index contributed by atoms with van der Waals surface area (Å²) in [6, 6.07) is 12.6. The molecule has 0 saturated carbocycles. The number of rotatable bonds is 5. The molecule has 0 unspecified atom stereocenters. The summed E-state index contributed by atoms with van der Waals surface area (Å²) in [6.45, 7) is 2.82. The predicted octanol–water partition coefficient (Wildman–Crippen LogP) is 1.99. The number of esters is 1. The summed E-state index contributed by atoms with van der Waals surface area (Å²) in [7, 11) is 1.24. The van der Waals surface area contributed by atoms with E-state index < -0.39 is 17.9 Å². The molecule has 130 valence electrons. The van der Waals surface area contributed by atoms with Gasteiger partial charge in [-0.25, -0.2) is 4.79 Å². The van der Waals surface area contributed by atoms with Gasteiger partial charge in [-0.3, -0.25) is 9.59 Å². The van der Waals surface area contributed by atoms with Gasteiger partial charge in [-0.15, -0.1) is 0 Å². The SMILES string of the molecule is COC(=O)[C@@H](C)NC(=O)/C(=C/c1cccc2ccccc12)NC(C)=O. The Morgan fingerprint density at radius 2 is 1.76 bits per heavy atom. The van der Waals surface area contributed by atoms with Crippen LogP contribution in [0.25, 0.3) is 16.8 Å². The van der Waals surface area contributed by atoms with Gasteiger partial charge in [0.1, 0.15) is 11.7 Å². The molecule has 2 rings (SSSR count). The fourth-order valence-corrected chi connectivity index (χ4v) is 2.39. The van der Waals surface area contributed by atoms with E-state index in [4.69, 9.17) is 0 Å². The first-order chi connectivity index (χ1) is 11.9. The third kappa shape index (κ3) is 4.67. The average molecular weight is 340 g/mol. The summed E-state index contributed by atoms with van der Waals surface area (Å²) < 4.78 is 4.59. The van der Waals surface area contributed by atoms with Crippen LogP contribution in [-0.2, 0) is 19.1 Å². The molecule has 0 aliphatic rings. The quantitative estimate of drug-likeness (QED) is 0.644. The van der Waals surface area contributed by atoms with E-state index in [1.807, 2.05) is 42.5 Å². The maximum absolute atomic E-state index is 12.4. The Kier molecular flexibility index (Phi) is 5.89. The number of ether oxygens (including phenoxy) is 1. The summed E-state index contributed by atoms with van der Waals surface area (Å²) in [6.07, 6.45) is 1.59. The van der Waals surface area contributed by atoms with E-state index in [-0.39, 0.29) is 11.6 Å². The zero-order valence-electron chi connectivity index (χ0n) is 14.3. The molecule has 0 bridgehead atoms. The van der Waals surface area contributed by atoms with Gasteiger partial charge in [0.05, 0.1) is 7.11 Å². The minimum atomic E-state index is -0.831. The Bertz CT molecular complexity index is 837. The minimum Gasteiger partial charge on any atom is -0.467 e. The third-order valence-electron chi connectivity index (χ3n) is 3.58. The van der Waals surface area contributed by atoms with Crippen LogP contribution >= 0.6 is 0 Å². The molecule has 6 heteroatoms. The second-order valence-corrected chi connectivity index (χ2v) is 5.53. The molecule has 1 atom stereocenters. The Labute approximate surface area is 145 Å². The van der Waals surface area contributed by atoms with Crippen LogP contribution in [0.3, 0.4) is 0 Å². The lowest BCUT2D eigenvalue weighted by Gasteiger charge is -2.14. The molecular weight excluding hydrogens is 320 g/mol. The van der Waals surface area contributed by atoms with Crippen molar-refractivity contribution in [1.29, 1.82) is 0 Å². The lowest BCUT2D eigenvalue weighted by molar-refractivity contribution is -0.144. The molecule has 0 fully saturated rings. The van der Waals surface area contributed by atoms with E-state index in [1.54, 1.807) is 6.08 Å². The van der Waals surface area contributed by atoms with Gasteiger partial charge in [0.15, 0.2) is 0 Å². The maximum Gasteiger partial charge on any atom is 0.328 e. The topological polar surface area (TPSA) is 84.5 Å². The molecule has 2 aromatic rings. The smallest absolute Gasteiger partial charge is 0.328 e. The molecule has 0 saturated heterocycles. The number of methoxy groups -OCH3 is 1. The second kappa shape index (κ2) is 8.10. The number of amides is 2. The Hall–Kier alpha value is -3.15. The fraction of sp³-hybridized carbons (Fsp3) is 0.211. The standard InChI is InChI=1S/C19H20N2O4/c1-12(19(24)25-3)20-18(23)17(21-13(2)22)11-15-9-6-8-14-7-4-5-10-16(14)15/h4-12H,1-3H3,(H,20,23)(H,21,22)/b17-11-/t12-/m1/s1. The summed E-state index contributed by atoms with van der Waals surface area (Å²) in [5.74, 6) is -1.52. The Morgan fingerprint density at radius 1 is 1.08 bits per heavy atom. The molecule has 6 nitrogen and oxygen atoms in total. The molecule has 0 heterocycles. The van der Waals surface area contributed by atoms with Crippen LogP contribution in [0.2, 0.25) is 0 Å². The fourth-order valence-electron chi connectivity index (χ4n) is 2.39. The first-order valence-electron chi connectivity index (χ1n) is 7.78. The largest absolute Gasteiger partial charge is 0.467 e. The van der Waals surface area contributed by atoms with Crippen LogP contribution in [-0.4, -0.2) is 30.9 Å². The highest BCUT2D eigenvalue weighted by Gasteiger charge is 2.19. The number of hydrogen-bond acceptors (Lipinski definition) is 4. The highest BCUT2D eigenvalue weighted by Crippen LogP contribution is 2.20. The van der Waals surface area contributed by atoms with Crippen molar-refractivity contribution in [3.05, 3.63) is 53.7 Å². The van der Waals surface area contributed by atoms with Crippen molar-refractivity contribution in [2.75, 3.05) is 7.11 Å². The number of carbonyl (C=O) groups excluding carboxylic acids is 3. The van der Waals surface area contributed by atoms with E-state index in [9.17, 15) is 14.4 Å². The van der Waals surface area contributed by atoms with Gasteiger partial charge >= 0.3 is 5.97 Å². The monoisotopic (exact) mass is 340 g/mol. The van der Waals surface area contributed by atoms with E-state index in [1.165, 1.54) is 21.0 Å².